The summed E-state index contributed by atoms with van der Waals surface area (Å²) in [7, 11) is -4.25. The summed E-state index contributed by atoms with van der Waals surface area (Å²) in [5.41, 5.74) is -3.76. The van der Waals surface area contributed by atoms with Crippen LogP contribution in [0.4, 0.5) is 36.6 Å². The maximum atomic E-state index is 13.3. The maximum Gasteiger partial charge on any atom is 0.417 e. The minimum atomic E-state index is -5.08. The monoisotopic (exact) mass is 498 g/mol. The van der Waals surface area contributed by atoms with Crippen molar-refractivity contribution in [1.29, 1.82) is 0 Å². The smallest absolute Gasteiger partial charge is 0.263 e. The summed E-state index contributed by atoms with van der Waals surface area (Å²) in [5.74, 6) is -1.14. The molecule has 1 heterocycles. The van der Waals surface area contributed by atoms with Crippen LogP contribution in [0.2, 0.25) is 5.02 Å². The SMILES string of the molecule is O=S(=O)(Nc1ccc(-c2ccc(C(F)(F)F)cc2C(F)(F)F)cn1)c1ccc(F)c(Cl)c1. The highest BCUT2D eigenvalue weighted by Gasteiger charge is 2.38. The van der Waals surface area contributed by atoms with E-state index < -0.39 is 54.8 Å². The molecule has 0 aliphatic carbocycles. The zero-order valence-electron chi connectivity index (χ0n) is 15.4. The summed E-state index contributed by atoms with van der Waals surface area (Å²) in [6, 6.07) is 5.85. The van der Waals surface area contributed by atoms with Crippen LogP contribution in [0.5, 0.6) is 0 Å². The molecule has 32 heavy (non-hydrogen) atoms. The first-order valence-corrected chi connectivity index (χ1v) is 10.3. The van der Waals surface area contributed by atoms with E-state index in [4.69, 9.17) is 11.6 Å². The molecular formula is C19H10ClF7N2O2S. The molecule has 0 fully saturated rings. The van der Waals surface area contributed by atoms with Crippen molar-refractivity contribution in [3.63, 3.8) is 0 Å². The Morgan fingerprint density at radius 3 is 2.09 bits per heavy atom. The summed E-state index contributed by atoms with van der Waals surface area (Å²) in [5, 5.41) is -0.446. The molecule has 0 spiro atoms. The highest BCUT2D eigenvalue weighted by Crippen LogP contribution is 2.40. The van der Waals surface area contributed by atoms with E-state index in [1.54, 1.807) is 0 Å². The van der Waals surface area contributed by atoms with E-state index in [0.717, 1.165) is 36.5 Å². The summed E-state index contributed by atoms with van der Waals surface area (Å²) in [4.78, 5) is 3.32. The molecule has 0 amide bonds. The zero-order chi connectivity index (χ0) is 23.9. The van der Waals surface area contributed by atoms with Gasteiger partial charge in [0.2, 0.25) is 0 Å². The van der Waals surface area contributed by atoms with Gasteiger partial charge in [-0.3, -0.25) is 4.72 Å². The summed E-state index contributed by atoms with van der Waals surface area (Å²) in [6.07, 6.45) is -9.19. The number of anilines is 1. The van der Waals surface area contributed by atoms with Gasteiger partial charge in [0.05, 0.1) is 21.0 Å². The van der Waals surface area contributed by atoms with Crippen LogP contribution in [0.15, 0.2) is 59.6 Å². The molecule has 1 aromatic heterocycles. The second-order valence-corrected chi connectivity index (χ2v) is 8.46. The normalized spacial score (nSPS) is 12.6. The molecule has 0 saturated heterocycles. The average molecular weight is 499 g/mol. The fraction of sp³-hybridized carbons (Fsp3) is 0.105. The van der Waals surface area contributed by atoms with Crippen molar-refractivity contribution in [3.8, 4) is 11.1 Å². The van der Waals surface area contributed by atoms with E-state index in [2.05, 4.69) is 4.98 Å². The molecule has 1 N–H and O–H groups in total. The summed E-state index contributed by atoms with van der Waals surface area (Å²) < 4.78 is 118. The standard InChI is InChI=1S/C19H10ClF7N2O2S/c20-15-8-12(3-5-16(15)21)32(30,31)29-17-6-1-10(9-28-17)13-4-2-11(18(22,23)24)7-14(13)19(25,26)27/h1-9H,(H,28,29). The molecule has 0 unspecified atom stereocenters. The first-order valence-electron chi connectivity index (χ1n) is 8.41. The summed E-state index contributed by atoms with van der Waals surface area (Å²) >= 11 is 5.56. The molecule has 0 aliphatic heterocycles. The molecule has 3 aromatic rings. The highest BCUT2D eigenvalue weighted by atomic mass is 35.5. The lowest BCUT2D eigenvalue weighted by Gasteiger charge is -2.16. The van der Waals surface area contributed by atoms with Gasteiger partial charge in [0, 0.05) is 11.8 Å². The Kier molecular flexibility index (Phi) is 6.13. The molecular weight excluding hydrogens is 489 g/mol. The van der Waals surface area contributed by atoms with Crippen molar-refractivity contribution in [2.45, 2.75) is 17.2 Å². The van der Waals surface area contributed by atoms with Gasteiger partial charge in [-0.05, 0) is 48.0 Å². The number of hydrogen-bond acceptors (Lipinski definition) is 3. The van der Waals surface area contributed by atoms with Crippen LogP contribution in [0, 0.1) is 5.82 Å². The lowest BCUT2D eigenvalue weighted by molar-refractivity contribution is -0.142. The zero-order valence-corrected chi connectivity index (χ0v) is 17.0. The quantitative estimate of drug-likeness (QED) is 0.425. The fourth-order valence-electron chi connectivity index (χ4n) is 2.66. The minimum Gasteiger partial charge on any atom is -0.263 e. The largest absolute Gasteiger partial charge is 0.417 e. The van der Waals surface area contributed by atoms with E-state index in [1.165, 1.54) is 0 Å². The lowest BCUT2D eigenvalue weighted by Crippen LogP contribution is -2.14. The summed E-state index contributed by atoms with van der Waals surface area (Å²) in [6.45, 7) is 0. The third-order valence-corrected chi connectivity index (χ3v) is 5.81. The number of aromatic nitrogens is 1. The van der Waals surface area contributed by atoms with Crippen molar-refractivity contribution in [3.05, 3.63) is 76.7 Å². The van der Waals surface area contributed by atoms with Crippen molar-refractivity contribution in [2.24, 2.45) is 0 Å². The highest BCUT2D eigenvalue weighted by molar-refractivity contribution is 7.92. The van der Waals surface area contributed by atoms with Crippen LogP contribution in [0.3, 0.4) is 0 Å². The van der Waals surface area contributed by atoms with Gasteiger partial charge < -0.3 is 0 Å². The van der Waals surface area contributed by atoms with Crippen molar-refractivity contribution in [1.82, 2.24) is 4.98 Å². The lowest BCUT2D eigenvalue weighted by atomic mass is 9.98. The Balaban J connectivity index is 1.94. The number of nitrogens with zero attached hydrogens (tertiary/aromatic N) is 1. The molecule has 3 rings (SSSR count). The Morgan fingerprint density at radius 1 is 0.875 bits per heavy atom. The Bertz CT molecular complexity index is 1260. The number of hydrogen-bond donors (Lipinski definition) is 1. The van der Waals surface area contributed by atoms with Gasteiger partial charge in [0.1, 0.15) is 11.6 Å². The van der Waals surface area contributed by atoms with Crippen LogP contribution in [0.25, 0.3) is 11.1 Å². The first-order chi connectivity index (χ1) is 14.7. The van der Waals surface area contributed by atoms with Gasteiger partial charge in [-0.15, -0.1) is 0 Å². The van der Waals surface area contributed by atoms with Gasteiger partial charge in [0.15, 0.2) is 0 Å². The Morgan fingerprint density at radius 2 is 1.56 bits per heavy atom. The number of halogens is 8. The predicted octanol–water partition coefficient (Wildman–Crippen LogP) is 6.38. The van der Waals surface area contributed by atoms with Crippen LogP contribution in [-0.2, 0) is 22.4 Å². The second kappa shape index (κ2) is 8.24. The van der Waals surface area contributed by atoms with Gasteiger partial charge in [-0.2, -0.15) is 26.3 Å². The molecule has 0 atom stereocenters. The van der Waals surface area contributed by atoms with Crippen LogP contribution in [0.1, 0.15) is 11.1 Å². The minimum absolute atomic E-state index is 0.00969. The third-order valence-electron chi connectivity index (χ3n) is 4.17. The van der Waals surface area contributed by atoms with Gasteiger partial charge in [-0.25, -0.2) is 17.8 Å². The van der Waals surface area contributed by atoms with Crippen molar-refractivity contribution >= 4 is 27.4 Å². The number of nitrogens with one attached hydrogen (secondary N) is 1. The number of alkyl halides is 6. The van der Waals surface area contributed by atoms with Gasteiger partial charge >= 0.3 is 12.4 Å². The predicted molar refractivity (Wildman–Crippen MR) is 102 cm³/mol. The average Bonchev–Trinajstić information content (AvgIpc) is 2.68. The van der Waals surface area contributed by atoms with E-state index in [-0.39, 0.29) is 17.4 Å². The Labute approximate surface area is 181 Å². The van der Waals surface area contributed by atoms with E-state index in [1.807, 2.05) is 4.72 Å². The molecule has 0 aliphatic rings. The van der Waals surface area contributed by atoms with E-state index >= 15 is 0 Å². The van der Waals surface area contributed by atoms with Crippen LogP contribution in [-0.4, -0.2) is 13.4 Å². The number of pyridine rings is 1. The molecule has 2 aromatic carbocycles. The fourth-order valence-corrected chi connectivity index (χ4v) is 3.94. The maximum absolute atomic E-state index is 13.3. The van der Waals surface area contributed by atoms with E-state index in [0.29, 0.717) is 12.1 Å². The number of sulfonamides is 1. The number of benzene rings is 2. The van der Waals surface area contributed by atoms with Gasteiger partial charge in [0.25, 0.3) is 10.0 Å². The number of rotatable bonds is 4. The molecule has 4 nitrogen and oxygen atoms in total. The first kappa shape index (κ1) is 23.8. The van der Waals surface area contributed by atoms with Crippen LogP contribution >= 0.6 is 11.6 Å². The molecule has 13 heteroatoms. The Hall–Kier alpha value is -2.86. The van der Waals surface area contributed by atoms with Gasteiger partial charge in [-0.1, -0.05) is 17.7 Å². The third kappa shape index (κ3) is 5.13. The van der Waals surface area contributed by atoms with E-state index in [9.17, 15) is 39.2 Å². The molecule has 170 valence electrons. The van der Waals surface area contributed by atoms with Crippen LogP contribution < -0.4 is 4.72 Å². The molecule has 0 radical (unpaired) electrons. The molecule has 0 saturated carbocycles. The second-order valence-electron chi connectivity index (χ2n) is 6.37. The molecule has 0 bridgehead atoms. The topological polar surface area (TPSA) is 59.1 Å². The van der Waals surface area contributed by atoms with Crippen molar-refractivity contribution < 1.29 is 39.2 Å². The van der Waals surface area contributed by atoms with Crippen molar-refractivity contribution in [2.75, 3.05) is 4.72 Å².